The summed E-state index contributed by atoms with van der Waals surface area (Å²) in [6.45, 7) is 3.14. The molecule has 0 saturated heterocycles. The first-order valence-corrected chi connectivity index (χ1v) is 11.3. The molecular formula is C25H25Cl2NS. The molecule has 1 nitrogen and oxygen atoms in total. The second kappa shape index (κ2) is 10.4. The molecule has 0 atom stereocenters. The second-order valence-electron chi connectivity index (χ2n) is 7.31. The van der Waals surface area contributed by atoms with Crippen molar-refractivity contribution in [1.82, 2.24) is 4.90 Å². The molecule has 4 heteroatoms. The molecule has 0 bridgehead atoms. The Hall–Kier alpha value is -1.71. The number of nitrogens with zero attached hydrogens (tertiary/aromatic N) is 1. The van der Waals surface area contributed by atoms with E-state index in [0.717, 1.165) is 22.9 Å². The van der Waals surface area contributed by atoms with Crippen LogP contribution in [0.2, 0.25) is 10.0 Å². The van der Waals surface area contributed by atoms with Crippen molar-refractivity contribution in [2.24, 2.45) is 0 Å². The third-order valence-electron chi connectivity index (χ3n) is 4.60. The normalized spacial score (nSPS) is 12.2. The summed E-state index contributed by atoms with van der Waals surface area (Å²) in [7, 11) is 4.21. The summed E-state index contributed by atoms with van der Waals surface area (Å²) < 4.78 is 0. The van der Waals surface area contributed by atoms with Crippen LogP contribution in [-0.2, 0) is 5.75 Å². The molecule has 0 aromatic heterocycles. The quantitative estimate of drug-likeness (QED) is 0.346. The Labute approximate surface area is 188 Å². The van der Waals surface area contributed by atoms with Gasteiger partial charge in [0.1, 0.15) is 0 Å². The van der Waals surface area contributed by atoms with Crippen LogP contribution in [0.4, 0.5) is 0 Å². The van der Waals surface area contributed by atoms with E-state index in [1.807, 2.05) is 12.1 Å². The van der Waals surface area contributed by atoms with Crippen LogP contribution in [0.3, 0.4) is 0 Å². The van der Waals surface area contributed by atoms with Gasteiger partial charge < -0.3 is 4.90 Å². The Morgan fingerprint density at radius 3 is 2.14 bits per heavy atom. The van der Waals surface area contributed by atoms with Crippen molar-refractivity contribution in [2.75, 3.05) is 20.6 Å². The highest BCUT2D eigenvalue weighted by Crippen LogP contribution is 2.32. The van der Waals surface area contributed by atoms with Gasteiger partial charge in [0.05, 0.1) is 0 Å². The first-order chi connectivity index (χ1) is 13.9. The molecule has 0 saturated carbocycles. The molecule has 0 aliphatic heterocycles. The average molecular weight is 442 g/mol. The van der Waals surface area contributed by atoms with Gasteiger partial charge in [0, 0.05) is 27.2 Å². The van der Waals surface area contributed by atoms with E-state index in [1.165, 1.54) is 27.2 Å². The molecular weight excluding hydrogens is 417 g/mol. The minimum absolute atomic E-state index is 0.668. The summed E-state index contributed by atoms with van der Waals surface area (Å²) in [4.78, 5) is 3.43. The monoisotopic (exact) mass is 441 g/mol. The van der Waals surface area contributed by atoms with Gasteiger partial charge in [0.2, 0.25) is 0 Å². The number of rotatable bonds is 7. The molecule has 0 aliphatic rings. The summed E-state index contributed by atoms with van der Waals surface area (Å²) in [5, 5.41) is 1.39. The number of halogens is 2. The van der Waals surface area contributed by atoms with Crippen LogP contribution in [0, 0.1) is 0 Å². The van der Waals surface area contributed by atoms with E-state index < -0.39 is 0 Å². The molecule has 3 aromatic rings. The van der Waals surface area contributed by atoms with Crippen LogP contribution in [0.1, 0.15) is 23.6 Å². The lowest BCUT2D eigenvalue weighted by Crippen LogP contribution is -2.15. The van der Waals surface area contributed by atoms with E-state index in [9.17, 15) is 0 Å². The van der Waals surface area contributed by atoms with Gasteiger partial charge in [-0.05, 0) is 67.5 Å². The summed E-state index contributed by atoms with van der Waals surface area (Å²) in [5.41, 5.74) is 6.24. The van der Waals surface area contributed by atoms with E-state index in [4.69, 9.17) is 23.2 Å². The standard InChI is InChI=1S/C25H25Cl2NS/c1-18(16-28(2)3)25(19-7-5-4-6-8-19)20-10-13-23(14-11-20)29-17-21-9-12-22(26)15-24(21)27/h4-15H,16-17H2,1-3H3. The Bertz CT molecular complexity index is 979. The molecule has 0 fully saturated rings. The van der Waals surface area contributed by atoms with E-state index in [-0.39, 0.29) is 0 Å². The average Bonchev–Trinajstić information content (AvgIpc) is 2.69. The minimum Gasteiger partial charge on any atom is -0.305 e. The molecule has 0 N–H and O–H groups in total. The summed E-state index contributed by atoms with van der Waals surface area (Å²) in [6, 6.07) is 25.1. The van der Waals surface area contributed by atoms with Crippen LogP contribution < -0.4 is 0 Å². The van der Waals surface area contributed by atoms with Gasteiger partial charge in [0.25, 0.3) is 0 Å². The lowest BCUT2D eigenvalue weighted by atomic mass is 9.93. The fourth-order valence-electron chi connectivity index (χ4n) is 3.34. The van der Waals surface area contributed by atoms with E-state index in [1.54, 1.807) is 17.8 Å². The number of hydrogen-bond acceptors (Lipinski definition) is 2. The zero-order valence-electron chi connectivity index (χ0n) is 17.0. The van der Waals surface area contributed by atoms with Gasteiger partial charge in [-0.2, -0.15) is 0 Å². The number of hydrogen-bond donors (Lipinski definition) is 0. The van der Waals surface area contributed by atoms with Crippen LogP contribution in [0.25, 0.3) is 5.57 Å². The highest BCUT2D eigenvalue weighted by atomic mass is 35.5. The minimum atomic E-state index is 0.668. The summed E-state index contributed by atoms with van der Waals surface area (Å²) in [6.07, 6.45) is 0. The number of benzene rings is 3. The van der Waals surface area contributed by atoms with E-state index in [2.05, 4.69) is 80.5 Å². The van der Waals surface area contributed by atoms with Crippen molar-refractivity contribution in [2.45, 2.75) is 17.6 Å². The first-order valence-electron chi connectivity index (χ1n) is 9.51. The fraction of sp³-hybridized carbons (Fsp3) is 0.200. The topological polar surface area (TPSA) is 3.24 Å². The van der Waals surface area contributed by atoms with E-state index in [0.29, 0.717) is 5.02 Å². The molecule has 0 radical (unpaired) electrons. The first kappa shape index (κ1) is 22.0. The molecule has 0 aliphatic carbocycles. The highest BCUT2D eigenvalue weighted by Gasteiger charge is 2.10. The van der Waals surface area contributed by atoms with Crippen molar-refractivity contribution >= 4 is 40.5 Å². The second-order valence-corrected chi connectivity index (χ2v) is 9.20. The largest absolute Gasteiger partial charge is 0.305 e. The molecule has 29 heavy (non-hydrogen) atoms. The van der Waals surface area contributed by atoms with Crippen molar-refractivity contribution in [3.05, 3.63) is 105 Å². The van der Waals surface area contributed by atoms with Crippen LogP contribution in [0.5, 0.6) is 0 Å². The predicted molar refractivity (Wildman–Crippen MR) is 129 cm³/mol. The molecule has 0 spiro atoms. The maximum atomic E-state index is 6.30. The summed E-state index contributed by atoms with van der Waals surface area (Å²) >= 11 is 14.1. The third kappa shape index (κ3) is 6.13. The Kier molecular flexibility index (Phi) is 7.85. The Morgan fingerprint density at radius 1 is 0.862 bits per heavy atom. The maximum absolute atomic E-state index is 6.30. The van der Waals surface area contributed by atoms with Gasteiger partial charge >= 0.3 is 0 Å². The van der Waals surface area contributed by atoms with Crippen LogP contribution in [-0.4, -0.2) is 25.5 Å². The molecule has 0 unspecified atom stereocenters. The smallest absolute Gasteiger partial charge is 0.0461 e. The molecule has 0 heterocycles. The molecule has 150 valence electrons. The van der Waals surface area contributed by atoms with Gasteiger partial charge in [-0.1, -0.05) is 77.3 Å². The van der Waals surface area contributed by atoms with Gasteiger partial charge in [-0.3, -0.25) is 0 Å². The van der Waals surface area contributed by atoms with Crippen LogP contribution >= 0.6 is 35.0 Å². The third-order valence-corrected chi connectivity index (χ3v) is 6.24. The zero-order chi connectivity index (χ0) is 20.8. The Morgan fingerprint density at radius 2 is 1.52 bits per heavy atom. The lowest BCUT2D eigenvalue weighted by molar-refractivity contribution is 0.446. The van der Waals surface area contributed by atoms with Crippen molar-refractivity contribution in [3.8, 4) is 0 Å². The fourth-order valence-corrected chi connectivity index (χ4v) is 4.79. The SMILES string of the molecule is CC(CN(C)C)=C(c1ccccc1)c1ccc(SCc2ccc(Cl)cc2Cl)cc1. The maximum Gasteiger partial charge on any atom is 0.0461 e. The van der Waals surface area contributed by atoms with Gasteiger partial charge in [0.15, 0.2) is 0 Å². The molecule has 3 aromatic carbocycles. The lowest BCUT2D eigenvalue weighted by Gasteiger charge is -2.17. The highest BCUT2D eigenvalue weighted by molar-refractivity contribution is 7.98. The van der Waals surface area contributed by atoms with Gasteiger partial charge in [-0.15, -0.1) is 11.8 Å². The predicted octanol–water partition coefficient (Wildman–Crippen LogP) is 7.67. The van der Waals surface area contributed by atoms with Crippen molar-refractivity contribution < 1.29 is 0 Å². The molecule has 3 rings (SSSR count). The Balaban J connectivity index is 1.82. The molecule has 0 amide bonds. The number of likely N-dealkylation sites (N-methyl/N-ethyl adjacent to an activating group) is 1. The summed E-state index contributed by atoms with van der Waals surface area (Å²) in [5.74, 6) is 0.816. The zero-order valence-corrected chi connectivity index (χ0v) is 19.3. The van der Waals surface area contributed by atoms with Crippen molar-refractivity contribution in [1.29, 1.82) is 0 Å². The van der Waals surface area contributed by atoms with Gasteiger partial charge in [-0.25, -0.2) is 0 Å². The van der Waals surface area contributed by atoms with E-state index >= 15 is 0 Å². The number of thioether (sulfide) groups is 1. The van der Waals surface area contributed by atoms with Crippen molar-refractivity contribution in [3.63, 3.8) is 0 Å². The van der Waals surface area contributed by atoms with Crippen LogP contribution in [0.15, 0.2) is 83.3 Å².